The van der Waals surface area contributed by atoms with Gasteiger partial charge in [-0.25, -0.2) is 9.97 Å². The van der Waals surface area contributed by atoms with Gasteiger partial charge in [0, 0.05) is 17.6 Å². The second-order valence-electron chi connectivity index (χ2n) is 4.90. The van der Waals surface area contributed by atoms with Crippen LogP contribution in [0.3, 0.4) is 0 Å². The number of nitrogens with zero attached hydrogens (tertiary/aromatic N) is 2. The molecule has 1 saturated carbocycles. The Morgan fingerprint density at radius 3 is 2.95 bits per heavy atom. The highest BCUT2D eigenvalue weighted by atomic mass is 16.2. The molecule has 2 aromatic rings. The number of aromatic nitrogens is 2. The highest BCUT2D eigenvalue weighted by molar-refractivity contribution is 5.84. The summed E-state index contributed by atoms with van der Waals surface area (Å²) in [5.74, 6) is 0.483. The molecule has 1 aliphatic rings. The quantitative estimate of drug-likeness (QED) is 0.874. The molecule has 0 saturated heterocycles. The molecular formula is C14H16N4O. The summed E-state index contributed by atoms with van der Waals surface area (Å²) in [7, 11) is 0. The summed E-state index contributed by atoms with van der Waals surface area (Å²) in [6.07, 6.45) is 3.94. The molecule has 1 amide bonds. The van der Waals surface area contributed by atoms with Crippen molar-refractivity contribution < 1.29 is 4.79 Å². The molecule has 19 heavy (non-hydrogen) atoms. The van der Waals surface area contributed by atoms with E-state index >= 15 is 0 Å². The van der Waals surface area contributed by atoms with Gasteiger partial charge in [-0.1, -0.05) is 18.2 Å². The number of carbonyl (C=O) groups excluding carboxylic acids is 1. The average Bonchev–Trinajstić information content (AvgIpc) is 3.22. The summed E-state index contributed by atoms with van der Waals surface area (Å²) < 4.78 is 0. The topological polar surface area (TPSA) is 66.9 Å². The van der Waals surface area contributed by atoms with Gasteiger partial charge in [0.05, 0.1) is 5.52 Å². The minimum absolute atomic E-state index is 0.000686. The van der Waals surface area contributed by atoms with Gasteiger partial charge in [-0.3, -0.25) is 4.79 Å². The van der Waals surface area contributed by atoms with Gasteiger partial charge in [0.1, 0.15) is 6.04 Å². The zero-order chi connectivity index (χ0) is 13.2. The van der Waals surface area contributed by atoms with Crippen LogP contribution < -0.4 is 10.6 Å². The van der Waals surface area contributed by atoms with Gasteiger partial charge in [-0.15, -0.1) is 0 Å². The van der Waals surface area contributed by atoms with E-state index in [0.717, 1.165) is 23.7 Å². The average molecular weight is 256 g/mol. The maximum Gasteiger partial charge on any atom is 0.242 e. The first-order valence-corrected chi connectivity index (χ1v) is 6.51. The fourth-order valence-electron chi connectivity index (χ4n) is 1.85. The number of anilines is 1. The van der Waals surface area contributed by atoms with Gasteiger partial charge in [0.15, 0.2) is 0 Å². The van der Waals surface area contributed by atoms with Crippen LogP contribution >= 0.6 is 0 Å². The lowest BCUT2D eigenvalue weighted by Gasteiger charge is -2.13. The third-order valence-corrected chi connectivity index (χ3v) is 3.15. The molecular weight excluding hydrogens is 240 g/mol. The molecule has 0 spiro atoms. The van der Waals surface area contributed by atoms with E-state index in [2.05, 4.69) is 20.6 Å². The normalized spacial score (nSPS) is 16.1. The van der Waals surface area contributed by atoms with Crippen molar-refractivity contribution in [2.24, 2.45) is 0 Å². The van der Waals surface area contributed by atoms with Crippen LogP contribution in [0.2, 0.25) is 0 Å². The third-order valence-electron chi connectivity index (χ3n) is 3.15. The van der Waals surface area contributed by atoms with Gasteiger partial charge in [0.2, 0.25) is 11.9 Å². The predicted molar refractivity (Wildman–Crippen MR) is 73.8 cm³/mol. The number of hydrogen-bond acceptors (Lipinski definition) is 4. The van der Waals surface area contributed by atoms with Crippen molar-refractivity contribution in [2.75, 3.05) is 5.32 Å². The first-order chi connectivity index (χ1) is 9.22. The minimum Gasteiger partial charge on any atom is -0.352 e. The van der Waals surface area contributed by atoms with Crippen LogP contribution in [0.15, 0.2) is 30.5 Å². The van der Waals surface area contributed by atoms with Gasteiger partial charge in [-0.05, 0) is 25.8 Å². The van der Waals surface area contributed by atoms with E-state index in [0.29, 0.717) is 12.0 Å². The van der Waals surface area contributed by atoms with E-state index in [1.54, 1.807) is 6.20 Å². The number of rotatable bonds is 4. The van der Waals surface area contributed by atoms with Crippen LogP contribution in [-0.4, -0.2) is 28.0 Å². The zero-order valence-corrected chi connectivity index (χ0v) is 10.8. The maximum atomic E-state index is 11.8. The Hall–Kier alpha value is -2.17. The lowest BCUT2D eigenvalue weighted by molar-refractivity contribution is -0.121. The highest BCUT2D eigenvalue weighted by Gasteiger charge is 2.25. The van der Waals surface area contributed by atoms with Crippen molar-refractivity contribution in [1.82, 2.24) is 15.3 Å². The van der Waals surface area contributed by atoms with Crippen molar-refractivity contribution in [3.8, 4) is 0 Å². The zero-order valence-electron chi connectivity index (χ0n) is 10.8. The second-order valence-corrected chi connectivity index (χ2v) is 4.90. The van der Waals surface area contributed by atoms with Crippen LogP contribution in [0, 0.1) is 0 Å². The molecule has 5 heteroatoms. The van der Waals surface area contributed by atoms with Crippen LogP contribution in [0.5, 0.6) is 0 Å². The van der Waals surface area contributed by atoms with Crippen molar-refractivity contribution in [3.63, 3.8) is 0 Å². The molecule has 1 fully saturated rings. The summed E-state index contributed by atoms with van der Waals surface area (Å²) in [6.45, 7) is 1.82. The lowest BCUT2D eigenvalue weighted by atomic mass is 10.2. The van der Waals surface area contributed by atoms with Gasteiger partial charge < -0.3 is 10.6 Å². The number of nitrogens with one attached hydrogen (secondary N) is 2. The van der Waals surface area contributed by atoms with E-state index in [1.165, 1.54) is 0 Å². The minimum atomic E-state index is -0.332. The highest BCUT2D eigenvalue weighted by Crippen LogP contribution is 2.19. The number of benzene rings is 1. The van der Waals surface area contributed by atoms with Gasteiger partial charge in [-0.2, -0.15) is 0 Å². The predicted octanol–water partition coefficient (Wildman–Crippen LogP) is 1.71. The Bertz CT molecular complexity index is 609. The van der Waals surface area contributed by atoms with Crippen LogP contribution in [0.25, 0.3) is 10.9 Å². The second kappa shape index (κ2) is 4.84. The van der Waals surface area contributed by atoms with E-state index in [4.69, 9.17) is 0 Å². The first kappa shape index (κ1) is 11.9. The largest absolute Gasteiger partial charge is 0.352 e. The van der Waals surface area contributed by atoms with Crippen LogP contribution in [0.4, 0.5) is 5.95 Å². The van der Waals surface area contributed by atoms with Crippen molar-refractivity contribution in [3.05, 3.63) is 30.5 Å². The van der Waals surface area contributed by atoms with Crippen molar-refractivity contribution in [1.29, 1.82) is 0 Å². The van der Waals surface area contributed by atoms with E-state index < -0.39 is 0 Å². The fourth-order valence-corrected chi connectivity index (χ4v) is 1.85. The molecule has 3 rings (SSSR count). The fraction of sp³-hybridized carbons (Fsp3) is 0.357. The molecule has 98 valence electrons. The number of amides is 1. The molecule has 1 heterocycles. The van der Waals surface area contributed by atoms with Crippen molar-refractivity contribution >= 4 is 22.8 Å². The smallest absolute Gasteiger partial charge is 0.242 e. The first-order valence-electron chi connectivity index (χ1n) is 6.51. The van der Waals surface area contributed by atoms with E-state index in [-0.39, 0.29) is 11.9 Å². The Kier molecular flexibility index (Phi) is 3.03. The summed E-state index contributed by atoms with van der Waals surface area (Å²) in [6, 6.07) is 7.81. The van der Waals surface area contributed by atoms with Gasteiger partial charge in [0.25, 0.3) is 0 Å². The molecule has 1 unspecified atom stereocenters. The summed E-state index contributed by atoms with van der Waals surface area (Å²) in [4.78, 5) is 20.4. The maximum absolute atomic E-state index is 11.8. The number of fused-ring (bicyclic) bond motifs is 1. The molecule has 1 aromatic carbocycles. The van der Waals surface area contributed by atoms with E-state index in [1.807, 2.05) is 31.2 Å². The monoisotopic (exact) mass is 256 g/mol. The number of para-hydroxylation sites is 1. The summed E-state index contributed by atoms with van der Waals surface area (Å²) in [5.41, 5.74) is 0.870. The third kappa shape index (κ3) is 2.81. The van der Waals surface area contributed by atoms with Crippen LogP contribution in [-0.2, 0) is 4.79 Å². The number of hydrogen-bond donors (Lipinski definition) is 2. The molecule has 2 N–H and O–H groups in total. The molecule has 5 nitrogen and oxygen atoms in total. The van der Waals surface area contributed by atoms with Crippen molar-refractivity contribution in [2.45, 2.75) is 31.8 Å². The molecule has 1 aliphatic carbocycles. The number of carbonyl (C=O) groups is 1. The molecule has 1 aromatic heterocycles. The summed E-state index contributed by atoms with van der Waals surface area (Å²) in [5, 5.41) is 6.98. The Morgan fingerprint density at radius 2 is 2.16 bits per heavy atom. The van der Waals surface area contributed by atoms with Crippen LogP contribution in [0.1, 0.15) is 19.8 Å². The Labute approximate surface area is 111 Å². The Balaban J connectivity index is 1.71. The Morgan fingerprint density at radius 1 is 1.37 bits per heavy atom. The lowest BCUT2D eigenvalue weighted by Crippen LogP contribution is -2.39. The van der Waals surface area contributed by atoms with E-state index in [9.17, 15) is 4.79 Å². The SMILES string of the molecule is CC(Nc1ncc2ccccc2n1)C(=O)NC1CC1. The molecule has 0 radical (unpaired) electrons. The van der Waals surface area contributed by atoms with Gasteiger partial charge >= 0.3 is 0 Å². The summed E-state index contributed by atoms with van der Waals surface area (Å²) >= 11 is 0. The standard InChI is InChI=1S/C14H16N4O/c1-9(13(19)17-11-6-7-11)16-14-15-8-10-4-2-3-5-12(10)18-14/h2-5,8-9,11H,6-7H2,1H3,(H,17,19)(H,15,16,18). The molecule has 0 aliphatic heterocycles. The molecule has 1 atom stereocenters. The molecule has 0 bridgehead atoms.